The van der Waals surface area contributed by atoms with Gasteiger partial charge in [-0.2, -0.15) is 0 Å². The van der Waals surface area contributed by atoms with Crippen LogP contribution in [0.2, 0.25) is 0 Å². The predicted molar refractivity (Wildman–Crippen MR) is 90.5 cm³/mol. The van der Waals surface area contributed by atoms with Crippen LogP contribution >= 0.6 is 11.3 Å². The molecule has 0 saturated carbocycles. The van der Waals surface area contributed by atoms with E-state index >= 15 is 0 Å². The van der Waals surface area contributed by atoms with Gasteiger partial charge >= 0.3 is 0 Å². The summed E-state index contributed by atoms with van der Waals surface area (Å²) in [4.78, 5) is 11.6. The maximum absolute atomic E-state index is 13.8. The zero-order valence-corrected chi connectivity index (χ0v) is 14.2. The number of amides is 1. The summed E-state index contributed by atoms with van der Waals surface area (Å²) in [7, 11) is -4.04. The molecule has 128 valence electrons. The monoisotopic (exact) mass is 379 g/mol. The molecule has 0 fully saturated rings. The molecule has 3 aromatic rings. The molecule has 2 aromatic carbocycles. The topological polar surface area (TPSA) is 63.2 Å². The summed E-state index contributed by atoms with van der Waals surface area (Å²) in [6, 6.07) is 13.1. The maximum Gasteiger partial charge on any atom is 0.259 e. The van der Waals surface area contributed by atoms with Gasteiger partial charge in [-0.25, -0.2) is 17.2 Å². The van der Waals surface area contributed by atoms with E-state index in [9.17, 15) is 22.0 Å². The Balaban J connectivity index is 1.87. The molecule has 25 heavy (non-hydrogen) atoms. The van der Waals surface area contributed by atoms with Gasteiger partial charge in [-0.05, 0) is 36.4 Å². The van der Waals surface area contributed by atoms with Crippen molar-refractivity contribution in [2.45, 2.75) is 9.10 Å². The van der Waals surface area contributed by atoms with Crippen LogP contribution in [-0.4, -0.2) is 14.3 Å². The third-order valence-corrected chi connectivity index (χ3v) is 6.61. The van der Waals surface area contributed by atoms with E-state index in [4.69, 9.17) is 0 Å². The van der Waals surface area contributed by atoms with Crippen molar-refractivity contribution >= 4 is 32.1 Å². The third kappa shape index (κ3) is 3.45. The quantitative estimate of drug-likeness (QED) is 0.742. The molecule has 0 saturated heterocycles. The number of halogens is 2. The molecule has 0 atom stereocenters. The average molecular weight is 379 g/mol. The molecule has 1 aromatic heterocycles. The van der Waals surface area contributed by atoms with Crippen molar-refractivity contribution in [3.8, 4) is 0 Å². The van der Waals surface area contributed by atoms with E-state index in [0.29, 0.717) is 0 Å². The minimum absolute atomic E-state index is 0.124. The number of carbonyl (C=O) groups excluding carboxylic acids is 1. The molecule has 0 aliphatic rings. The third-order valence-electron chi connectivity index (χ3n) is 3.33. The highest BCUT2D eigenvalue weighted by molar-refractivity contribution is 7.93. The lowest BCUT2D eigenvalue weighted by Crippen LogP contribution is -2.12. The number of hydrogen-bond donors (Lipinski definition) is 1. The molecule has 0 spiro atoms. The fraction of sp³-hybridized carbons (Fsp3) is 0. The smallest absolute Gasteiger partial charge is 0.259 e. The summed E-state index contributed by atoms with van der Waals surface area (Å²) >= 11 is 0.763. The lowest BCUT2D eigenvalue weighted by atomic mass is 10.2. The molecule has 0 unspecified atom stereocenters. The van der Waals surface area contributed by atoms with Gasteiger partial charge in [-0.1, -0.05) is 24.3 Å². The van der Waals surface area contributed by atoms with Crippen molar-refractivity contribution in [2.75, 3.05) is 5.32 Å². The van der Waals surface area contributed by atoms with Gasteiger partial charge in [0.25, 0.3) is 5.91 Å². The number of carbonyl (C=O) groups is 1. The summed E-state index contributed by atoms with van der Waals surface area (Å²) in [6.45, 7) is 0. The number of rotatable bonds is 4. The van der Waals surface area contributed by atoms with Gasteiger partial charge < -0.3 is 5.32 Å². The van der Waals surface area contributed by atoms with Crippen molar-refractivity contribution in [3.63, 3.8) is 0 Å². The lowest BCUT2D eigenvalue weighted by Gasteiger charge is -2.04. The Morgan fingerprint density at radius 3 is 2.20 bits per heavy atom. The number of nitrogens with one attached hydrogen (secondary N) is 1. The summed E-state index contributed by atoms with van der Waals surface area (Å²) < 4.78 is 52.2. The number of sulfone groups is 1. The second kappa shape index (κ2) is 6.73. The highest BCUT2D eigenvalue weighted by atomic mass is 32.2. The van der Waals surface area contributed by atoms with Gasteiger partial charge in [-0.15, -0.1) is 11.3 Å². The molecule has 1 N–H and O–H groups in total. The van der Waals surface area contributed by atoms with Gasteiger partial charge in [0.2, 0.25) is 9.84 Å². The van der Waals surface area contributed by atoms with E-state index in [1.807, 2.05) is 0 Å². The van der Waals surface area contributed by atoms with E-state index in [1.165, 1.54) is 48.5 Å². The van der Waals surface area contributed by atoms with Crippen LogP contribution in [0.15, 0.2) is 69.8 Å². The lowest BCUT2D eigenvalue weighted by molar-refractivity contribution is 0.102. The van der Waals surface area contributed by atoms with Gasteiger partial charge in [0, 0.05) is 0 Å². The first kappa shape index (κ1) is 17.2. The number of anilines is 1. The van der Waals surface area contributed by atoms with Crippen LogP contribution in [0.3, 0.4) is 0 Å². The Kier molecular flexibility index (Phi) is 4.65. The summed E-state index contributed by atoms with van der Waals surface area (Å²) in [6.07, 6.45) is 0. The van der Waals surface area contributed by atoms with Crippen molar-refractivity contribution in [1.82, 2.24) is 0 Å². The normalized spacial score (nSPS) is 11.3. The summed E-state index contributed by atoms with van der Waals surface area (Å²) in [5.41, 5.74) is -0.158. The predicted octanol–water partition coefficient (Wildman–Crippen LogP) is 4.11. The second-order valence-electron chi connectivity index (χ2n) is 4.99. The Hall–Kier alpha value is -2.58. The first-order valence-electron chi connectivity index (χ1n) is 7.05. The zero-order valence-electron chi connectivity index (χ0n) is 12.6. The van der Waals surface area contributed by atoms with Gasteiger partial charge in [0.15, 0.2) is 0 Å². The minimum atomic E-state index is -4.04. The van der Waals surface area contributed by atoms with E-state index in [-0.39, 0.29) is 14.8 Å². The summed E-state index contributed by atoms with van der Waals surface area (Å²) in [5, 5.41) is 2.65. The van der Waals surface area contributed by atoms with Gasteiger partial charge in [0.1, 0.15) is 20.7 Å². The number of benzene rings is 2. The fourth-order valence-corrected chi connectivity index (χ4v) is 4.78. The van der Waals surface area contributed by atoms with Crippen LogP contribution in [-0.2, 0) is 9.84 Å². The standard InChI is InChI=1S/C17H11F2NO3S2/c18-12-6-2-1-5-11(12)17(21)20-15-9-10-16(24-15)25(22,23)14-8-4-3-7-13(14)19/h1-10H,(H,20,21). The van der Waals surface area contributed by atoms with Gasteiger partial charge in [0.05, 0.1) is 10.6 Å². The Labute approximate surface area is 146 Å². The highest BCUT2D eigenvalue weighted by Gasteiger charge is 2.24. The molecule has 1 amide bonds. The largest absolute Gasteiger partial charge is 0.313 e. The molecule has 0 aliphatic heterocycles. The van der Waals surface area contributed by atoms with Crippen LogP contribution < -0.4 is 5.32 Å². The Morgan fingerprint density at radius 2 is 1.52 bits per heavy atom. The van der Waals surface area contributed by atoms with E-state index in [1.54, 1.807) is 0 Å². The van der Waals surface area contributed by atoms with Crippen molar-refractivity contribution < 1.29 is 22.0 Å². The van der Waals surface area contributed by atoms with Crippen LogP contribution in [0.1, 0.15) is 10.4 Å². The molecule has 4 nitrogen and oxygen atoms in total. The van der Waals surface area contributed by atoms with E-state index < -0.39 is 32.3 Å². The van der Waals surface area contributed by atoms with Crippen LogP contribution in [0.4, 0.5) is 13.8 Å². The molecular weight excluding hydrogens is 368 g/mol. The van der Waals surface area contributed by atoms with Crippen LogP contribution in [0.25, 0.3) is 0 Å². The molecule has 0 aliphatic carbocycles. The van der Waals surface area contributed by atoms with Crippen molar-refractivity contribution in [3.05, 3.63) is 77.9 Å². The average Bonchev–Trinajstić information content (AvgIpc) is 3.04. The molecule has 0 bridgehead atoms. The fourth-order valence-electron chi connectivity index (χ4n) is 2.13. The molecular formula is C17H11F2NO3S2. The number of hydrogen-bond acceptors (Lipinski definition) is 4. The van der Waals surface area contributed by atoms with Crippen LogP contribution in [0.5, 0.6) is 0 Å². The Bertz CT molecular complexity index is 1050. The van der Waals surface area contributed by atoms with E-state index in [0.717, 1.165) is 23.5 Å². The molecule has 3 rings (SSSR count). The van der Waals surface area contributed by atoms with Crippen molar-refractivity contribution in [1.29, 1.82) is 0 Å². The SMILES string of the molecule is O=C(Nc1ccc(S(=O)(=O)c2ccccc2F)s1)c1ccccc1F. The van der Waals surface area contributed by atoms with Gasteiger partial charge in [-0.3, -0.25) is 4.79 Å². The summed E-state index contributed by atoms with van der Waals surface area (Å²) in [5.74, 6) is -2.24. The zero-order chi connectivity index (χ0) is 18.0. The molecule has 1 heterocycles. The Morgan fingerprint density at radius 1 is 0.880 bits per heavy atom. The van der Waals surface area contributed by atoms with E-state index in [2.05, 4.69) is 5.32 Å². The first-order chi connectivity index (χ1) is 11.9. The molecule has 0 radical (unpaired) electrons. The second-order valence-corrected chi connectivity index (χ2v) is 8.22. The minimum Gasteiger partial charge on any atom is -0.313 e. The van der Waals surface area contributed by atoms with Crippen molar-refractivity contribution in [2.24, 2.45) is 0 Å². The maximum atomic E-state index is 13.8. The first-order valence-corrected chi connectivity index (χ1v) is 9.35. The van der Waals surface area contributed by atoms with Crippen LogP contribution in [0, 0.1) is 11.6 Å². The highest BCUT2D eigenvalue weighted by Crippen LogP contribution is 2.32. The number of thiophene rings is 1. The molecule has 8 heteroatoms.